The van der Waals surface area contributed by atoms with E-state index < -0.39 is 11.8 Å². The molecule has 2 aromatic rings. The molecule has 0 aliphatic rings. The summed E-state index contributed by atoms with van der Waals surface area (Å²) in [6.45, 7) is 2.52. The molecule has 0 spiro atoms. The standard InChI is InChI=1S/C21H26N2O7/c1-6-9-30-15-8-7-13(10-17(15)27-3)20(24)22-23-21(25)14-11-18(28-4)19(29-5)12-16(14)26-2/h7-8,10-12H,6,9H2,1-5H3,(H,22,24)(H,23,25). The number of carbonyl (C=O) groups is 2. The van der Waals surface area contributed by atoms with Gasteiger partial charge in [0.1, 0.15) is 5.75 Å². The summed E-state index contributed by atoms with van der Waals surface area (Å²) in [6.07, 6.45) is 0.844. The summed E-state index contributed by atoms with van der Waals surface area (Å²) in [6, 6.07) is 7.73. The maximum absolute atomic E-state index is 12.6. The van der Waals surface area contributed by atoms with Crippen LogP contribution >= 0.6 is 0 Å². The normalized spacial score (nSPS) is 10.0. The Labute approximate surface area is 175 Å². The van der Waals surface area contributed by atoms with Crippen molar-refractivity contribution in [1.82, 2.24) is 10.9 Å². The van der Waals surface area contributed by atoms with Crippen molar-refractivity contribution >= 4 is 11.8 Å². The fourth-order valence-electron chi connectivity index (χ4n) is 2.60. The highest BCUT2D eigenvalue weighted by atomic mass is 16.5. The zero-order valence-electron chi connectivity index (χ0n) is 17.7. The lowest BCUT2D eigenvalue weighted by molar-refractivity contribution is 0.0844. The van der Waals surface area contributed by atoms with E-state index >= 15 is 0 Å². The molecule has 2 aromatic carbocycles. The summed E-state index contributed by atoms with van der Waals surface area (Å²) < 4.78 is 26.5. The van der Waals surface area contributed by atoms with Gasteiger partial charge in [-0.2, -0.15) is 0 Å². The minimum atomic E-state index is -0.587. The summed E-state index contributed by atoms with van der Waals surface area (Å²) >= 11 is 0. The molecular weight excluding hydrogens is 392 g/mol. The Hall–Kier alpha value is -3.62. The van der Waals surface area contributed by atoms with E-state index in [2.05, 4.69) is 10.9 Å². The number of hydrogen-bond acceptors (Lipinski definition) is 7. The van der Waals surface area contributed by atoms with E-state index in [4.69, 9.17) is 23.7 Å². The molecule has 30 heavy (non-hydrogen) atoms. The van der Waals surface area contributed by atoms with Crippen LogP contribution < -0.4 is 34.5 Å². The van der Waals surface area contributed by atoms with Crippen LogP contribution in [0.15, 0.2) is 30.3 Å². The average Bonchev–Trinajstić information content (AvgIpc) is 2.79. The topological polar surface area (TPSA) is 104 Å². The minimum Gasteiger partial charge on any atom is -0.496 e. The van der Waals surface area contributed by atoms with E-state index in [0.717, 1.165) is 6.42 Å². The Morgan fingerprint density at radius 3 is 1.90 bits per heavy atom. The first-order chi connectivity index (χ1) is 14.5. The monoisotopic (exact) mass is 418 g/mol. The zero-order valence-corrected chi connectivity index (χ0v) is 17.7. The summed E-state index contributed by atoms with van der Waals surface area (Å²) in [7, 11) is 5.84. The fraction of sp³-hybridized carbons (Fsp3) is 0.333. The molecule has 0 saturated carbocycles. The molecule has 0 aliphatic carbocycles. The van der Waals surface area contributed by atoms with Crippen molar-refractivity contribution in [2.24, 2.45) is 0 Å². The van der Waals surface area contributed by atoms with Crippen molar-refractivity contribution in [2.75, 3.05) is 35.0 Å². The quantitative estimate of drug-likeness (QED) is 0.603. The predicted molar refractivity (Wildman–Crippen MR) is 110 cm³/mol. The van der Waals surface area contributed by atoms with E-state index in [1.54, 1.807) is 12.1 Å². The van der Waals surface area contributed by atoms with E-state index in [1.165, 1.54) is 46.6 Å². The molecule has 0 fully saturated rings. The van der Waals surface area contributed by atoms with E-state index in [9.17, 15) is 9.59 Å². The van der Waals surface area contributed by atoms with Gasteiger partial charge in [0.05, 0.1) is 40.6 Å². The number of benzene rings is 2. The van der Waals surface area contributed by atoms with E-state index in [-0.39, 0.29) is 16.9 Å². The van der Waals surface area contributed by atoms with Gasteiger partial charge in [-0.1, -0.05) is 6.92 Å². The summed E-state index contributed by atoms with van der Waals surface area (Å²) in [4.78, 5) is 25.0. The Bertz CT molecular complexity index is 899. The van der Waals surface area contributed by atoms with Gasteiger partial charge < -0.3 is 23.7 Å². The van der Waals surface area contributed by atoms with Gasteiger partial charge in [0, 0.05) is 17.7 Å². The first kappa shape index (κ1) is 22.7. The average molecular weight is 418 g/mol. The van der Waals surface area contributed by atoms with Crippen LogP contribution in [0.5, 0.6) is 28.7 Å². The van der Waals surface area contributed by atoms with E-state index in [1.807, 2.05) is 6.92 Å². The summed E-state index contributed by atoms with van der Waals surface area (Å²) in [5.74, 6) is 0.867. The second-order valence-corrected chi connectivity index (χ2v) is 6.03. The van der Waals surface area contributed by atoms with Crippen LogP contribution in [0.25, 0.3) is 0 Å². The van der Waals surface area contributed by atoms with Crippen molar-refractivity contribution in [1.29, 1.82) is 0 Å². The van der Waals surface area contributed by atoms with Gasteiger partial charge >= 0.3 is 0 Å². The molecule has 0 atom stereocenters. The Morgan fingerprint density at radius 1 is 0.733 bits per heavy atom. The fourth-order valence-corrected chi connectivity index (χ4v) is 2.60. The third-order valence-electron chi connectivity index (χ3n) is 4.13. The minimum absolute atomic E-state index is 0.163. The number of ether oxygens (including phenoxy) is 5. The maximum atomic E-state index is 12.6. The number of carbonyl (C=O) groups excluding carboxylic acids is 2. The SMILES string of the molecule is CCCOc1ccc(C(=O)NNC(=O)c2cc(OC)c(OC)cc2OC)cc1OC. The lowest BCUT2D eigenvalue weighted by Gasteiger charge is -2.15. The number of amides is 2. The molecule has 9 heteroatoms. The van der Waals surface area contributed by atoms with Gasteiger partial charge in [0.15, 0.2) is 23.0 Å². The molecule has 2 amide bonds. The van der Waals surface area contributed by atoms with Crippen molar-refractivity contribution < 1.29 is 33.3 Å². The molecule has 2 N–H and O–H groups in total. The first-order valence-electron chi connectivity index (χ1n) is 9.20. The van der Waals surface area contributed by atoms with Crippen molar-refractivity contribution in [3.8, 4) is 28.7 Å². The predicted octanol–water partition coefficient (Wildman–Crippen LogP) is 2.58. The molecule has 2 rings (SSSR count). The smallest absolute Gasteiger partial charge is 0.273 e. The van der Waals surface area contributed by atoms with Gasteiger partial charge in [0.2, 0.25) is 0 Å². The lowest BCUT2D eigenvalue weighted by atomic mass is 10.1. The molecular formula is C21H26N2O7. The molecule has 0 radical (unpaired) electrons. The number of methoxy groups -OCH3 is 4. The number of hydrazine groups is 1. The number of rotatable bonds is 9. The number of nitrogens with one attached hydrogen (secondary N) is 2. The van der Waals surface area contributed by atoms with Gasteiger partial charge in [-0.3, -0.25) is 20.4 Å². The summed E-state index contributed by atoms with van der Waals surface area (Å²) in [5, 5.41) is 0. The van der Waals surface area contributed by atoms with E-state index in [0.29, 0.717) is 29.6 Å². The largest absolute Gasteiger partial charge is 0.496 e. The molecule has 0 bridgehead atoms. The number of hydrogen-bond donors (Lipinski definition) is 2. The lowest BCUT2D eigenvalue weighted by Crippen LogP contribution is -2.41. The van der Waals surface area contributed by atoms with Gasteiger partial charge in [0.25, 0.3) is 11.8 Å². The Morgan fingerprint density at radius 2 is 1.30 bits per heavy atom. The van der Waals surface area contributed by atoms with Crippen LogP contribution in [0, 0.1) is 0 Å². The van der Waals surface area contributed by atoms with Crippen LogP contribution in [0.2, 0.25) is 0 Å². The third-order valence-corrected chi connectivity index (χ3v) is 4.13. The second-order valence-electron chi connectivity index (χ2n) is 6.03. The first-order valence-corrected chi connectivity index (χ1v) is 9.20. The second kappa shape index (κ2) is 10.8. The molecule has 9 nitrogen and oxygen atoms in total. The molecule has 0 aliphatic heterocycles. The molecule has 0 aromatic heterocycles. The van der Waals surface area contributed by atoms with Crippen molar-refractivity contribution in [3.05, 3.63) is 41.5 Å². The maximum Gasteiger partial charge on any atom is 0.273 e. The summed E-state index contributed by atoms with van der Waals surface area (Å²) in [5.41, 5.74) is 5.18. The molecule has 0 unspecified atom stereocenters. The molecule has 0 saturated heterocycles. The highest BCUT2D eigenvalue weighted by molar-refractivity contribution is 6.01. The molecule has 162 valence electrons. The third kappa shape index (κ3) is 5.25. The van der Waals surface area contributed by atoms with Crippen molar-refractivity contribution in [3.63, 3.8) is 0 Å². The highest BCUT2D eigenvalue weighted by Gasteiger charge is 2.19. The van der Waals surface area contributed by atoms with Gasteiger partial charge in [-0.25, -0.2) is 0 Å². The van der Waals surface area contributed by atoms with Gasteiger partial charge in [-0.15, -0.1) is 0 Å². The van der Waals surface area contributed by atoms with Crippen molar-refractivity contribution in [2.45, 2.75) is 13.3 Å². The Balaban J connectivity index is 2.13. The highest BCUT2D eigenvalue weighted by Crippen LogP contribution is 2.34. The van der Waals surface area contributed by atoms with Crippen LogP contribution in [0.3, 0.4) is 0 Å². The van der Waals surface area contributed by atoms with Crippen LogP contribution in [-0.4, -0.2) is 46.9 Å². The van der Waals surface area contributed by atoms with Crippen LogP contribution in [-0.2, 0) is 0 Å². The molecule has 0 heterocycles. The Kier molecular flexibility index (Phi) is 8.16. The zero-order chi connectivity index (χ0) is 22.1. The van der Waals surface area contributed by atoms with Crippen LogP contribution in [0.1, 0.15) is 34.1 Å². The van der Waals surface area contributed by atoms with Gasteiger partial charge in [-0.05, 0) is 24.6 Å². The van der Waals surface area contributed by atoms with Crippen LogP contribution in [0.4, 0.5) is 0 Å².